The third kappa shape index (κ3) is 4.25. The van der Waals surface area contributed by atoms with Gasteiger partial charge in [-0.05, 0) is 0 Å². The first kappa shape index (κ1) is 9.71. The number of thioether (sulfide) groups is 2. The summed E-state index contributed by atoms with van der Waals surface area (Å²) in [5.41, 5.74) is 5.40. The zero-order valence-corrected chi connectivity index (χ0v) is 8.35. The third-order valence-electron chi connectivity index (χ3n) is 1.57. The van der Waals surface area contributed by atoms with Crippen molar-refractivity contribution in [3.05, 3.63) is 0 Å². The van der Waals surface area contributed by atoms with E-state index < -0.39 is 0 Å². The molecule has 0 aromatic rings. The lowest BCUT2D eigenvalue weighted by Crippen LogP contribution is -2.34. The van der Waals surface area contributed by atoms with Crippen LogP contribution in [0.4, 0.5) is 0 Å². The number of hydrogen-bond acceptors (Lipinski definition) is 4. The summed E-state index contributed by atoms with van der Waals surface area (Å²) in [7, 11) is 0. The fraction of sp³-hybridized carbons (Fsp3) is 1.00. The van der Waals surface area contributed by atoms with Gasteiger partial charge in [0.05, 0.1) is 0 Å². The first-order chi connectivity index (χ1) is 5.43. The topological polar surface area (TPSA) is 38.0 Å². The summed E-state index contributed by atoms with van der Waals surface area (Å²) in [6.07, 6.45) is 0. The number of nitrogens with one attached hydrogen (secondary N) is 1. The summed E-state index contributed by atoms with van der Waals surface area (Å²) < 4.78 is 0. The molecule has 1 saturated heterocycles. The molecule has 0 aromatic heterocycles. The maximum Gasteiger partial charge on any atom is 0.0263 e. The molecule has 1 atom stereocenters. The fourth-order valence-corrected chi connectivity index (χ4v) is 3.24. The Morgan fingerprint density at radius 3 is 3.18 bits per heavy atom. The van der Waals surface area contributed by atoms with Crippen LogP contribution in [0.3, 0.4) is 0 Å². The Balaban J connectivity index is 1.96. The van der Waals surface area contributed by atoms with Crippen LogP contribution in [0.2, 0.25) is 0 Å². The molecular weight excluding hydrogens is 176 g/mol. The lowest BCUT2D eigenvalue weighted by Gasteiger charge is -2.21. The minimum atomic E-state index is 0.815. The SMILES string of the molecule is NCCSCC1CNCCS1. The second-order valence-electron chi connectivity index (χ2n) is 2.56. The summed E-state index contributed by atoms with van der Waals surface area (Å²) in [6.45, 7) is 3.18. The van der Waals surface area contributed by atoms with E-state index >= 15 is 0 Å². The largest absolute Gasteiger partial charge is 0.330 e. The quantitative estimate of drug-likeness (QED) is 0.632. The van der Waals surface area contributed by atoms with Gasteiger partial charge in [0.25, 0.3) is 0 Å². The molecule has 0 bridgehead atoms. The van der Waals surface area contributed by atoms with Gasteiger partial charge in [0.2, 0.25) is 0 Å². The molecule has 0 amide bonds. The van der Waals surface area contributed by atoms with Crippen molar-refractivity contribution >= 4 is 23.5 Å². The summed E-state index contributed by atoms with van der Waals surface area (Å²) in [4.78, 5) is 0. The molecule has 1 unspecified atom stereocenters. The van der Waals surface area contributed by atoms with Gasteiger partial charge in [0, 0.05) is 42.1 Å². The van der Waals surface area contributed by atoms with Crippen LogP contribution in [0.5, 0.6) is 0 Å². The van der Waals surface area contributed by atoms with Crippen LogP contribution in [-0.2, 0) is 0 Å². The van der Waals surface area contributed by atoms with E-state index in [0.29, 0.717) is 0 Å². The average Bonchev–Trinajstić information content (AvgIpc) is 2.07. The molecule has 1 aliphatic rings. The molecule has 11 heavy (non-hydrogen) atoms. The van der Waals surface area contributed by atoms with E-state index in [1.807, 2.05) is 11.8 Å². The average molecular weight is 192 g/mol. The Bertz CT molecular complexity index is 94.4. The van der Waals surface area contributed by atoms with E-state index in [9.17, 15) is 0 Å². The maximum absolute atomic E-state index is 5.40. The normalized spacial score (nSPS) is 25.4. The van der Waals surface area contributed by atoms with E-state index in [1.54, 1.807) is 0 Å². The lowest BCUT2D eigenvalue weighted by atomic mass is 10.4. The van der Waals surface area contributed by atoms with Crippen molar-refractivity contribution in [1.82, 2.24) is 5.32 Å². The van der Waals surface area contributed by atoms with E-state index in [2.05, 4.69) is 17.1 Å². The number of rotatable bonds is 4. The van der Waals surface area contributed by atoms with E-state index in [0.717, 1.165) is 17.5 Å². The van der Waals surface area contributed by atoms with Gasteiger partial charge in [0.15, 0.2) is 0 Å². The molecule has 0 saturated carbocycles. The zero-order valence-electron chi connectivity index (χ0n) is 6.71. The second-order valence-corrected chi connectivity index (χ2v) is 5.12. The van der Waals surface area contributed by atoms with Gasteiger partial charge in [-0.1, -0.05) is 0 Å². The van der Waals surface area contributed by atoms with Crippen molar-refractivity contribution in [3.8, 4) is 0 Å². The standard InChI is InChI=1S/C7H16N2S2/c8-1-3-10-6-7-5-9-2-4-11-7/h7,9H,1-6,8H2. The van der Waals surface area contributed by atoms with Crippen LogP contribution < -0.4 is 11.1 Å². The fourth-order valence-electron chi connectivity index (χ4n) is 1.02. The van der Waals surface area contributed by atoms with E-state index in [-0.39, 0.29) is 0 Å². The Morgan fingerprint density at radius 2 is 2.55 bits per heavy atom. The highest BCUT2D eigenvalue weighted by Gasteiger charge is 2.12. The minimum Gasteiger partial charge on any atom is -0.330 e. The van der Waals surface area contributed by atoms with Crippen molar-refractivity contribution in [3.63, 3.8) is 0 Å². The van der Waals surface area contributed by atoms with E-state index in [4.69, 9.17) is 5.73 Å². The van der Waals surface area contributed by atoms with Crippen LogP contribution in [0.25, 0.3) is 0 Å². The molecule has 0 radical (unpaired) electrons. The van der Waals surface area contributed by atoms with Crippen LogP contribution in [-0.4, -0.2) is 42.1 Å². The van der Waals surface area contributed by atoms with Gasteiger partial charge in [-0.25, -0.2) is 0 Å². The van der Waals surface area contributed by atoms with Gasteiger partial charge < -0.3 is 11.1 Å². The molecule has 66 valence electrons. The number of nitrogens with two attached hydrogens (primary N) is 1. The maximum atomic E-state index is 5.40. The molecule has 2 nitrogen and oxygen atoms in total. The summed E-state index contributed by atoms with van der Waals surface area (Å²) >= 11 is 4.06. The van der Waals surface area contributed by atoms with Crippen molar-refractivity contribution in [2.75, 3.05) is 36.9 Å². The van der Waals surface area contributed by atoms with Crippen molar-refractivity contribution in [2.24, 2.45) is 5.73 Å². The molecule has 4 heteroatoms. The molecule has 1 aliphatic heterocycles. The lowest BCUT2D eigenvalue weighted by molar-refractivity contribution is 0.699. The molecule has 1 fully saturated rings. The molecule has 0 aliphatic carbocycles. The third-order valence-corrected chi connectivity index (χ3v) is 4.19. The number of hydrogen-bond donors (Lipinski definition) is 2. The first-order valence-electron chi connectivity index (χ1n) is 4.03. The predicted octanol–water partition coefficient (Wildman–Crippen LogP) is 0.383. The Labute approximate surface area is 77.1 Å². The van der Waals surface area contributed by atoms with Crippen LogP contribution in [0.15, 0.2) is 0 Å². The van der Waals surface area contributed by atoms with E-state index in [1.165, 1.54) is 24.6 Å². The first-order valence-corrected chi connectivity index (χ1v) is 6.24. The molecule has 0 aromatic carbocycles. The molecule has 3 N–H and O–H groups in total. The summed E-state index contributed by atoms with van der Waals surface area (Å²) in [6, 6.07) is 0. The summed E-state index contributed by atoms with van der Waals surface area (Å²) in [5, 5.41) is 4.22. The smallest absolute Gasteiger partial charge is 0.0263 e. The van der Waals surface area contributed by atoms with Gasteiger partial charge in [-0.15, -0.1) is 0 Å². The monoisotopic (exact) mass is 192 g/mol. The van der Waals surface area contributed by atoms with Crippen LogP contribution in [0.1, 0.15) is 0 Å². The minimum absolute atomic E-state index is 0.815. The molecule has 0 spiro atoms. The van der Waals surface area contributed by atoms with Crippen molar-refractivity contribution < 1.29 is 0 Å². The van der Waals surface area contributed by atoms with Gasteiger partial charge in [0.1, 0.15) is 0 Å². The Hall–Kier alpha value is 0.620. The van der Waals surface area contributed by atoms with Gasteiger partial charge in [-0.2, -0.15) is 23.5 Å². The van der Waals surface area contributed by atoms with Gasteiger partial charge in [-0.3, -0.25) is 0 Å². The van der Waals surface area contributed by atoms with Crippen LogP contribution in [0, 0.1) is 0 Å². The highest BCUT2D eigenvalue weighted by molar-refractivity contribution is 8.03. The highest BCUT2D eigenvalue weighted by atomic mass is 32.2. The summed E-state index contributed by atoms with van der Waals surface area (Å²) in [5.74, 6) is 3.64. The van der Waals surface area contributed by atoms with Crippen molar-refractivity contribution in [1.29, 1.82) is 0 Å². The van der Waals surface area contributed by atoms with Crippen molar-refractivity contribution in [2.45, 2.75) is 5.25 Å². The Kier molecular flexibility index (Phi) is 5.45. The molecular formula is C7H16N2S2. The van der Waals surface area contributed by atoms with Gasteiger partial charge >= 0.3 is 0 Å². The second kappa shape index (κ2) is 6.17. The zero-order chi connectivity index (χ0) is 7.94. The Morgan fingerprint density at radius 1 is 1.64 bits per heavy atom. The van der Waals surface area contributed by atoms with Crippen LogP contribution >= 0.6 is 23.5 Å². The molecule has 1 heterocycles. The molecule has 1 rings (SSSR count). The highest BCUT2D eigenvalue weighted by Crippen LogP contribution is 2.17. The predicted molar refractivity (Wildman–Crippen MR) is 55.5 cm³/mol.